The number of ether oxygens (including phenoxy) is 1. The lowest BCUT2D eigenvalue weighted by molar-refractivity contribution is 0.286. The Morgan fingerprint density at radius 3 is 2.64 bits per heavy atom. The van der Waals surface area contributed by atoms with E-state index >= 15 is 0 Å². The number of benzene rings is 2. The number of aliphatic hydroxyl groups is 1. The van der Waals surface area contributed by atoms with E-state index in [1.54, 1.807) is 18.2 Å². The van der Waals surface area contributed by atoms with E-state index in [0.717, 1.165) is 10.0 Å². The van der Waals surface area contributed by atoms with Crippen LogP contribution in [0.4, 0.5) is 4.39 Å². The second-order valence-electron chi connectivity index (χ2n) is 4.53. The van der Waals surface area contributed by atoms with Crippen molar-refractivity contribution < 1.29 is 14.2 Å². The van der Waals surface area contributed by atoms with Gasteiger partial charge in [0.1, 0.15) is 18.2 Å². The fraction of sp³-hybridized carbons (Fsp3) is 0.250. The summed E-state index contributed by atoms with van der Waals surface area (Å²) in [5.74, 6) is 0.432. The Morgan fingerprint density at radius 2 is 1.91 bits per heavy atom. The molecule has 3 nitrogen and oxygen atoms in total. The minimum Gasteiger partial charge on any atom is -0.488 e. The van der Waals surface area contributed by atoms with Gasteiger partial charge >= 0.3 is 0 Å². The van der Waals surface area contributed by atoms with Gasteiger partial charge in [0.05, 0.1) is 6.61 Å². The van der Waals surface area contributed by atoms with Crippen molar-refractivity contribution in [3.8, 4) is 5.75 Å². The van der Waals surface area contributed by atoms with Crippen LogP contribution in [0.15, 0.2) is 46.9 Å². The Hall–Kier alpha value is -1.14. The normalized spacial score (nSPS) is 10.1. The van der Waals surface area contributed by atoms with Crippen LogP contribution >= 0.6 is 28.3 Å². The molecule has 0 aliphatic heterocycles. The van der Waals surface area contributed by atoms with E-state index in [9.17, 15) is 4.39 Å². The predicted octanol–water partition coefficient (Wildman–Crippen LogP) is 3.67. The van der Waals surface area contributed by atoms with Gasteiger partial charge in [0.15, 0.2) is 0 Å². The topological polar surface area (TPSA) is 41.5 Å². The molecule has 0 heterocycles. The molecule has 0 bridgehead atoms. The average molecular weight is 391 g/mol. The Balaban J connectivity index is 0.00000242. The Labute approximate surface area is 144 Å². The van der Waals surface area contributed by atoms with E-state index in [1.807, 2.05) is 18.2 Å². The predicted molar refractivity (Wildman–Crippen MR) is 90.9 cm³/mol. The van der Waals surface area contributed by atoms with Crippen LogP contribution in [-0.4, -0.2) is 18.3 Å². The molecule has 0 aromatic heterocycles. The van der Waals surface area contributed by atoms with Crippen molar-refractivity contribution in [3.05, 3.63) is 63.9 Å². The van der Waals surface area contributed by atoms with Crippen molar-refractivity contribution in [2.75, 3.05) is 13.2 Å². The SMILES string of the molecule is Cl.OCCNCc1cc(Br)ccc1OCc1ccccc1F. The summed E-state index contributed by atoms with van der Waals surface area (Å²) >= 11 is 3.42. The van der Waals surface area contributed by atoms with Crippen LogP contribution in [0.3, 0.4) is 0 Å². The number of hydrogen-bond donors (Lipinski definition) is 2. The Morgan fingerprint density at radius 1 is 1.14 bits per heavy atom. The van der Waals surface area contributed by atoms with Gasteiger partial charge in [-0.1, -0.05) is 34.1 Å². The van der Waals surface area contributed by atoms with Crippen LogP contribution in [0.2, 0.25) is 0 Å². The molecule has 0 saturated carbocycles. The molecular formula is C16H18BrClFNO2. The number of nitrogens with one attached hydrogen (secondary N) is 1. The van der Waals surface area contributed by atoms with Crippen molar-refractivity contribution >= 4 is 28.3 Å². The zero-order valence-corrected chi connectivity index (χ0v) is 14.3. The Kier molecular flexibility index (Phi) is 8.42. The van der Waals surface area contributed by atoms with Gasteiger partial charge < -0.3 is 15.2 Å². The lowest BCUT2D eigenvalue weighted by Gasteiger charge is -2.13. The van der Waals surface area contributed by atoms with Crippen LogP contribution < -0.4 is 10.1 Å². The zero-order valence-electron chi connectivity index (χ0n) is 11.9. The van der Waals surface area contributed by atoms with Crippen molar-refractivity contribution in [1.29, 1.82) is 0 Å². The maximum absolute atomic E-state index is 13.6. The maximum atomic E-state index is 13.6. The molecule has 22 heavy (non-hydrogen) atoms. The molecule has 0 atom stereocenters. The molecule has 2 aromatic carbocycles. The molecule has 0 amide bonds. The van der Waals surface area contributed by atoms with Gasteiger partial charge in [-0.25, -0.2) is 4.39 Å². The lowest BCUT2D eigenvalue weighted by atomic mass is 10.2. The molecule has 2 rings (SSSR count). The highest BCUT2D eigenvalue weighted by Crippen LogP contribution is 2.24. The molecule has 120 valence electrons. The van der Waals surface area contributed by atoms with Crippen molar-refractivity contribution in [2.24, 2.45) is 0 Å². The average Bonchev–Trinajstić information content (AvgIpc) is 2.48. The summed E-state index contributed by atoms with van der Waals surface area (Å²) in [6.07, 6.45) is 0. The van der Waals surface area contributed by atoms with Gasteiger partial charge in [0.2, 0.25) is 0 Å². The van der Waals surface area contributed by atoms with E-state index < -0.39 is 0 Å². The molecule has 0 aliphatic carbocycles. The van der Waals surface area contributed by atoms with Gasteiger partial charge in [-0.2, -0.15) is 0 Å². The van der Waals surface area contributed by atoms with Crippen LogP contribution in [0.5, 0.6) is 5.75 Å². The minimum absolute atomic E-state index is 0. The largest absolute Gasteiger partial charge is 0.488 e. The third-order valence-electron chi connectivity index (χ3n) is 2.97. The Bertz CT molecular complexity index is 598. The van der Waals surface area contributed by atoms with Gasteiger partial charge in [-0.15, -0.1) is 12.4 Å². The quantitative estimate of drug-likeness (QED) is 0.709. The molecule has 0 unspecified atom stereocenters. The van der Waals surface area contributed by atoms with Crippen LogP contribution in [-0.2, 0) is 13.2 Å². The molecule has 6 heteroatoms. The second-order valence-corrected chi connectivity index (χ2v) is 5.45. The third kappa shape index (κ3) is 5.57. The summed E-state index contributed by atoms with van der Waals surface area (Å²) in [6, 6.07) is 12.2. The van der Waals surface area contributed by atoms with Crippen molar-refractivity contribution in [1.82, 2.24) is 5.32 Å². The monoisotopic (exact) mass is 389 g/mol. The number of halogens is 3. The third-order valence-corrected chi connectivity index (χ3v) is 3.46. The lowest BCUT2D eigenvalue weighted by Crippen LogP contribution is -2.18. The van der Waals surface area contributed by atoms with E-state index in [0.29, 0.717) is 24.4 Å². The van der Waals surface area contributed by atoms with E-state index in [4.69, 9.17) is 9.84 Å². The summed E-state index contributed by atoms with van der Waals surface area (Å²) in [6.45, 7) is 1.35. The summed E-state index contributed by atoms with van der Waals surface area (Å²) in [5.41, 5.74) is 1.48. The van der Waals surface area contributed by atoms with E-state index in [-0.39, 0.29) is 31.4 Å². The van der Waals surface area contributed by atoms with Gasteiger partial charge in [-0.05, 0) is 24.3 Å². The first kappa shape index (κ1) is 18.9. The smallest absolute Gasteiger partial charge is 0.129 e. The molecular weight excluding hydrogens is 373 g/mol. The van der Waals surface area contributed by atoms with Crippen LogP contribution in [0, 0.1) is 5.82 Å². The first-order valence-electron chi connectivity index (χ1n) is 6.67. The standard InChI is InChI=1S/C16H17BrFNO2.ClH/c17-14-5-6-16(13(9-14)10-19-7-8-20)21-11-12-3-1-2-4-15(12)18;/h1-6,9,19-20H,7-8,10-11H2;1H. The molecule has 0 spiro atoms. The van der Waals surface area contributed by atoms with Gasteiger partial charge in [0.25, 0.3) is 0 Å². The maximum Gasteiger partial charge on any atom is 0.129 e. The summed E-state index contributed by atoms with van der Waals surface area (Å²) < 4.78 is 20.3. The van der Waals surface area contributed by atoms with Gasteiger partial charge in [0, 0.05) is 28.7 Å². The number of aliphatic hydroxyl groups excluding tert-OH is 1. The minimum atomic E-state index is -0.269. The highest BCUT2D eigenvalue weighted by molar-refractivity contribution is 9.10. The molecule has 0 saturated heterocycles. The fourth-order valence-corrected chi connectivity index (χ4v) is 2.31. The number of hydrogen-bond acceptors (Lipinski definition) is 3. The molecule has 2 N–H and O–H groups in total. The first-order chi connectivity index (χ1) is 10.2. The fourth-order valence-electron chi connectivity index (χ4n) is 1.90. The van der Waals surface area contributed by atoms with Crippen molar-refractivity contribution in [2.45, 2.75) is 13.2 Å². The molecule has 0 aliphatic rings. The molecule has 2 aromatic rings. The van der Waals surface area contributed by atoms with Gasteiger partial charge in [-0.3, -0.25) is 0 Å². The summed E-state index contributed by atoms with van der Waals surface area (Å²) in [4.78, 5) is 0. The van der Waals surface area contributed by atoms with E-state index in [2.05, 4.69) is 21.2 Å². The molecule has 0 radical (unpaired) electrons. The van der Waals surface area contributed by atoms with Crippen LogP contribution in [0.25, 0.3) is 0 Å². The number of rotatable bonds is 7. The second kappa shape index (κ2) is 9.79. The molecule has 0 fully saturated rings. The summed E-state index contributed by atoms with van der Waals surface area (Å²) in [5, 5.41) is 11.9. The van der Waals surface area contributed by atoms with Crippen LogP contribution in [0.1, 0.15) is 11.1 Å². The van der Waals surface area contributed by atoms with E-state index in [1.165, 1.54) is 6.07 Å². The van der Waals surface area contributed by atoms with Crippen molar-refractivity contribution in [3.63, 3.8) is 0 Å². The highest BCUT2D eigenvalue weighted by Gasteiger charge is 2.07. The highest BCUT2D eigenvalue weighted by atomic mass is 79.9. The first-order valence-corrected chi connectivity index (χ1v) is 7.46. The summed E-state index contributed by atoms with van der Waals surface area (Å²) in [7, 11) is 0. The zero-order chi connectivity index (χ0) is 15.1.